The Morgan fingerprint density at radius 3 is 2.18 bits per heavy atom. The molecule has 0 spiro atoms. The summed E-state index contributed by atoms with van der Waals surface area (Å²) in [4.78, 5) is 0. The minimum atomic E-state index is -2.95. The van der Waals surface area contributed by atoms with Gasteiger partial charge in [-0.2, -0.15) is 0 Å². The van der Waals surface area contributed by atoms with E-state index in [1.807, 2.05) is 6.92 Å². The lowest BCUT2D eigenvalue weighted by Gasteiger charge is -2.33. The van der Waals surface area contributed by atoms with E-state index in [1.54, 1.807) is 6.92 Å². The monoisotopic (exact) mass is 265 g/mol. The van der Waals surface area contributed by atoms with Gasteiger partial charge in [0.25, 0.3) is 0 Å². The van der Waals surface area contributed by atoms with Gasteiger partial charge in [0.2, 0.25) is 0 Å². The van der Waals surface area contributed by atoms with Crippen molar-refractivity contribution in [2.45, 2.75) is 53.1 Å². The molecule has 104 valence electrons. The first-order valence-corrected chi connectivity index (χ1v) is 8.02. The van der Waals surface area contributed by atoms with Gasteiger partial charge in [-0.1, -0.05) is 27.7 Å². The van der Waals surface area contributed by atoms with Gasteiger partial charge in [0.15, 0.2) is 9.84 Å². The molecule has 0 amide bonds. The highest BCUT2D eigenvalue weighted by atomic mass is 32.2. The fourth-order valence-corrected chi connectivity index (χ4v) is 2.88. The number of hydrogen-bond donors (Lipinski definition) is 2. The fourth-order valence-electron chi connectivity index (χ4n) is 1.79. The predicted octanol–water partition coefficient (Wildman–Crippen LogP) is 1.20. The van der Waals surface area contributed by atoms with Crippen molar-refractivity contribution in [2.75, 3.05) is 18.1 Å². The first kappa shape index (κ1) is 16.9. The van der Waals surface area contributed by atoms with Gasteiger partial charge in [0.1, 0.15) is 0 Å². The van der Waals surface area contributed by atoms with Gasteiger partial charge < -0.3 is 10.4 Å². The SMILES string of the molecule is CCS(=O)(=O)CC(C)NC(CCO)C(C)(C)C. The maximum Gasteiger partial charge on any atom is 0.151 e. The summed E-state index contributed by atoms with van der Waals surface area (Å²) in [5, 5.41) is 12.3. The highest BCUT2D eigenvalue weighted by Gasteiger charge is 2.26. The maximum atomic E-state index is 11.5. The Kier molecular flexibility index (Phi) is 6.66. The lowest BCUT2D eigenvalue weighted by atomic mass is 9.84. The molecule has 0 heterocycles. The van der Waals surface area contributed by atoms with Crippen LogP contribution in [0, 0.1) is 5.41 Å². The molecule has 0 bridgehead atoms. The first-order valence-electron chi connectivity index (χ1n) is 6.19. The zero-order valence-electron chi connectivity index (χ0n) is 11.7. The van der Waals surface area contributed by atoms with E-state index in [0.29, 0.717) is 6.42 Å². The lowest BCUT2D eigenvalue weighted by molar-refractivity contribution is 0.190. The molecule has 0 aliphatic heterocycles. The molecule has 0 radical (unpaired) electrons. The van der Waals surface area contributed by atoms with E-state index in [9.17, 15) is 8.42 Å². The molecule has 0 aliphatic rings. The third kappa shape index (κ3) is 7.01. The smallest absolute Gasteiger partial charge is 0.151 e. The van der Waals surface area contributed by atoms with Crippen LogP contribution in [0.25, 0.3) is 0 Å². The Morgan fingerprint density at radius 2 is 1.82 bits per heavy atom. The number of sulfone groups is 1. The third-order valence-corrected chi connectivity index (χ3v) is 4.78. The number of nitrogens with one attached hydrogen (secondary N) is 1. The number of hydrogen-bond acceptors (Lipinski definition) is 4. The largest absolute Gasteiger partial charge is 0.396 e. The molecule has 0 saturated heterocycles. The third-order valence-electron chi connectivity index (χ3n) is 2.89. The number of aliphatic hydroxyl groups excluding tert-OH is 1. The second-order valence-corrected chi connectivity index (χ2v) is 8.10. The van der Waals surface area contributed by atoms with Crippen molar-refractivity contribution in [1.29, 1.82) is 0 Å². The second kappa shape index (κ2) is 6.71. The Labute approximate surface area is 106 Å². The number of aliphatic hydroxyl groups is 1. The molecule has 0 saturated carbocycles. The molecule has 0 aromatic carbocycles. The van der Waals surface area contributed by atoms with Crippen LogP contribution in [0.5, 0.6) is 0 Å². The van der Waals surface area contributed by atoms with E-state index in [2.05, 4.69) is 26.1 Å². The maximum absolute atomic E-state index is 11.5. The summed E-state index contributed by atoms with van der Waals surface area (Å²) < 4.78 is 23.0. The summed E-state index contributed by atoms with van der Waals surface area (Å²) in [6.45, 7) is 9.91. The van der Waals surface area contributed by atoms with Crippen molar-refractivity contribution in [3.05, 3.63) is 0 Å². The summed E-state index contributed by atoms with van der Waals surface area (Å²) in [6.07, 6.45) is 0.639. The van der Waals surface area contributed by atoms with Crippen LogP contribution in [-0.4, -0.2) is 43.7 Å². The van der Waals surface area contributed by atoms with Crippen LogP contribution in [0.15, 0.2) is 0 Å². The van der Waals surface area contributed by atoms with Crippen LogP contribution in [0.4, 0.5) is 0 Å². The minimum Gasteiger partial charge on any atom is -0.396 e. The molecule has 2 unspecified atom stereocenters. The van der Waals surface area contributed by atoms with Crippen molar-refractivity contribution in [1.82, 2.24) is 5.32 Å². The molecule has 17 heavy (non-hydrogen) atoms. The fraction of sp³-hybridized carbons (Fsp3) is 1.00. The van der Waals surface area contributed by atoms with Gasteiger partial charge in [0, 0.05) is 24.4 Å². The van der Waals surface area contributed by atoms with E-state index >= 15 is 0 Å². The summed E-state index contributed by atoms with van der Waals surface area (Å²) in [7, 11) is -2.95. The van der Waals surface area contributed by atoms with E-state index in [-0.39, 0.29) is 35.6 Å². The predicted molar refractivity (Wildman–Crippen MR) is 71.9 cm³/mol. The van der Waals surface area contributed by atoms with Gasteiger partial charge in [-0.25, -0.2) is 8.42 Å². The second-order valence-electron chi connectivity index (χ2n) is 5.70. The van der Waals surface area contributed by atoms with E-state index < -0.39 is 9.84 Å². The van der Waals surface area contributed by atoms with Crippen molar-refractivity contribution in [3.63, 3.8) is 0 Å². The average Bonchev–Trinajstić information content (AvgIpc) is 2.15. The zero-order chi connectivity index (χ0) is 13.7. The average molecular weight is 265 g/mol. The standard InChI is InChI=1S/C12H27NO3S/c1-6-17(15,16)9-10(2)13-11(7-8-14)12(3,4)5/h10-11,13-14H,6-9H2,1-5H3. The van der Waals surface area contributed by atoms with Crippen LogP contribution >= 0.6 is 0 Å². The Balaban J connectivity index is 4.47. The molecule has 0 fully saturated rings. The van der Waals surface area contributed by atoms with Crippen molar-refractivity contribution in [2.24, 2.45) is 5.41 Å². The van der Waals surface area contributed by atoms with Gasteiger partial charge in [-0.3, -0.25) is 0 Å². The summed E-state index contributed by atoms with van der Waals surface area (Å²) >= 11 is 0. The molecule has 0 rings (SSSR count). The van der Waals surface area contributed by atoms with Gasteiger partial charge >= 0.3 is 0 Å². The molecule has 0 aromatic rings. The van der Waals surface area contributed by atoms with Crippen LogP contribution in [0.2, 0.25) is 0 Å². The summed E-state index contributed by atoms with van der Waals surface area (Å²) in [5.74, 6) is 0.334. The van der Waals surface area contributed by atoms with Crippen LogP contribution in [-0.2, 0) is 9.84 Å². The van der Waals surface area contributed by atoms with Crippen molar-refractivity contribution in [3.8, 4) is 0 Å². The molecule has 2 atom stereocenters. The molecular weight excluding hydrogens is 238 g/mol. The first-order chi connectivity index (χ1) is 7.62. The highest BCUT2D eigenvalue weighted by molar-refractivity contribution is 7.91. The molecular formula is C12H27NO3S. The molecule has 0 aromatic heterocycles. The van der Waals surface area contributed by atoms with Gasteiger partial charge in [0.05, 0.1) is 5.75 Å². The quantitative estimate of drug-likeness (QED) is 0.726. The minimum absolute atomic E-state index is 0.00691. The Morgan fingerprint density at radius 1 is 1.29 bits per heavy atom. The van der Waals surface area contributed by atoms with E-state index in [1.165, 1.54) is 0 Å². The van der Waals surface area contributed by atoms with Crippen LogP contribution in [0.3, 0.4) is 0 Å². The molecule has 5 heteroatoms. The zero-order valence-corrected chi connectivity index (χ0v) is 12.5. The summed E-state index contributed by atoms with van der Waals surface area (Å²) in [6, 6.07) is 0.0327. The normalized spacial score (nSPS) is 16.8. The lowest BCUT2D eigenvalue weighted by Crippen LogP contribution is -2.47. The van der Waals surface area contributed by atoms with Crippen LogP contribution in [0.1, 0.15) is 41.0 Å². The molecule has 0 aliphatic carbocycles. The van der Waals surface area contributed by atoms with Crippen molar-refractivity contribution < 1.29 is 13.5 Å². The van der Waals surface area contributed by atoms with E-state index in [4.69, 9.17) is 5.11 Å². The van der Waals surface area contributed by atoms with E-state index in [0.717, 1.165) is 0 Å². The van der Waals surface area contributed by atoms with Gasteiger partial charge in [-0.05, 0) is 18.8 Å². The molecule has 2 N–H and O–H groups in total. The van der Waals surface area contributed by atoms with Gasteiger partial charge in [-0.15, -0.1) is 0 Å². The Hall–Kier alpha value is -0.130. The molecule has 4 nitrogen and oxygen atoms in total. The highest BCUT2D eigenvalue weighted by Crippen LogP contribution is 2.22. The summed E-state index contributed by atoms with van der Waals surface area (Å²) in [5.41, 5.74) is 0.00691. The number of rotatable bonds is 7. The topological polar surface area (TPSA) is 66.4 Å². The van der Waals surface area contributed by atoms with Crippen molar-refractivity contribution >= 4 is 9.84 Å². The Bertz CT molecular complexity index is 306. The van der Waals surface area contributed by atoms with Crippen LogP contribution < -0.4 is 5.32 Å².